The summed E-state index contributed by atoms with van der Waals surface area (Å²) in [6, 6.07) is 5.63. The van der Waals surface area contributed by atoms with Gasteiger partial charge in [0.05, 0.1) is 0 Å². The van der Waals surface area contributed by atoms with Crippen LogP contribution in [0.3, 0.4) is 0 Å². The summed E-state index contributed by atoms with van der Waals surface area (Å²) in [5.41, 5.74) is 1.15. The molecule has 0 amide bonds. The van der Waals surface area contributed by atoms with E-state index in [1.54, 1.807) is 0 Å². The molecule has 0 saturated heterocycles. The third kappa shape index (κ3) is 2.34. The van der Waals surface area contributed by atoms with Crippen LogP contribution in [0.2, 0.25) is 0 Å². The summed E-state index contributed by atoms with van der Waals surface area (Å²) < 4.78 is 13.7. The Morgan fingerprint density at radius 1 is 1.50 bits per heavy atom. The summed E-state index contributed by atoms with van der Waals surface area (Å²) in [5, 5.41) is 0. The van der Waals surface area contributed by atoms with Crippen molar-refractivity contribution in [1.82, 2.24) is 4.90 Å². The smallest absolute Gasteiger partial charge is 0.124 e. The molecule has 0 N–H and O–H groups in total. The lowest BCUT2D eigenvalue weighted by Crippen LogP contribution is -2.20. The van der Waals surface area contributed by atoms with Crippen LogP contribution in [0.1, 0.15) is 18.4 Å². The van der Waals surface area contributed by atoms with Gasteiger partial charge in [-0.25, -0.2) is 4.39 Å². The molecule has 0 unspecified atom stereocenters. The molecule has 1 aromatic rings. The third-order valence-corrected chi connectivity index (χ3v) is 3.34. The molecule has 3 heteroatoms. The third-order valence-electron chi connectivity index (χ3n) is 2.61. The number of benzene rings is 1. The number of nitrogens with zero attached hydrogens (tertiary/aromatic N) is 1. The van der Waals surface area contributed by atoms with Crippen LogP contribution in [0, 0.1) is 5.82 Å². The van der Waals surface area contributed by atoms with E-state index < -0.39 is 0 Å². The highest BCUT2D eigenvalue weighted by molar-refractivity contribution is 9.10. The van der Waals surface area contributed by atoms with Gasteiger partial charge in [-0.2, -0.15) is 0 Å². The van der Waals surface area contributed by atoms with Crippen LogP contribution in [0.5, 0.6) is 0 Å². The van der Waals surface area contributed by atoms with Gasteiger partial charge in [0.2, 0.25) is 0 Å². The van der Waals surface area contributed by atoms with E-state index in [4.69, 9.17) is 0 Å². The van der Waals surface area contributed by atoms with Crippen LogP contribution in [0.15, 0.2) is 22.7 Å². The number of rotatable bonds is 3. The molecule has 0 aromatic heterocycles. The average Bonchev–Trinajstić information content (AvgIpc) is 2.92. The van der Waals surface area contributed by atoms with Crippen molar-refractivity contribution in [3.63, 3.8) is 0 Å². The van der Waals surface area contributed by atoms with Crippen LogP contribution in [-0.4, -0.2) is 18.0 Å². The van der Waals surface area contributed by atoms with Gasteiger partial charge in [0.25, 0.3) is 0 Å². The summed E-state index contributed by atoms with van der Waals surface area (Å²) in [5.74, 6) is -0.185. The van der Waals surface area contributed by atoms with Crippen molar-refractivity contribution >= 4 is 15.9 Å². The molecule has 76 valence electrons. The minimum atomic E-state index is -0.185. The minimum absolute atomic E-state index is 0.185. The summed E-state index contributed by atoms with van der Waals surface area (Å²) in [6.07, 6.45) is 2.60. The highest BCUT2D eigenvalue weighted by Gasteiger charge is 2.26. The quantitative estimate of drug-likeness (QED) is 0.804. The van der Waals surface area contributed by atoms with Gasteiger partial charge in [-0.05, 0) is 37.6 Å². The Bertz CT molecular complexity index is 336. The zero-order chi connectivity index (χ0) is 10.1. The largest absolute Gasteiger partial charge is 0.299 e. The predicted octanol–water partition coefficient (Wildman–Crippen LogP) is 3.18. The molecule has 0 heterocycles. The molecule has 1 fully saturated rings. The fraction of sp³-hybridized carbons (Fsp3) is 0.455. The highest BCUT2D eigenvalue weighted by atomic mass is 79.9. The standard InChI is InChI=1S/C11H13BrFN/c1-14(10-4-5-10)7-8-2-3-9(13)6-11(8)12/h2-3,6,10H,4-5,7H2,1H3. The maximum Gasteiger partial charge on any atom is 0.124 e. The van der Waals surface area contributed by atoms with E-state index in [2.05, 4.69) is 27.9 Å². The molecule has 0 atom stereocenters. The molecule has 0 bridgehead atoms. The fourth-order valence-corrected chi connectivity index (χ4v) is 2.04. The van der Waals surface area contributed by atoms with Crippen molar-refractivity contribution in [3.8, 4) is 0 Å². The minimum Gasteiger partial charge on any atom is -0.299 e. The zero-order valence-corrected chi connectivity index (χ0v) is 9.72. The van der Waals surface area contributed by atoms with E-state index in [1.165, 1.54) is 25.0 Å². The Morgan fingerprint density at radius 3 is 2.79 bits per heavy atom. The van der Waals surface area contributed by atoms with Gasteiger partial charge in [0.1, 0.15) is 5.82 Å². The first-order valence-corrected chi connectivity index (χ1v) is 5.60. The second kappa shape index (κ2) is 3.99. The van der Waals surface area contributed by atoms with Crippen LogP contribution >= 0.6 is 15.9 Å². The van der Waals surface area contributed by atoms with Gasteiger partial charge in [-0.1, -0.05) is 22.0 Å². The Labute approximate surface area is 92.0 Å². The molecule has 1 saturated carbocycles. The lowest BCUT2D eigenvalue weighted by molar-refractivity contribution is 0.315. The first kappa shape index (κ1) is 10.1. The Morgan fingerprint density at radius 2 is 2.21 bits per heavy atom. The van der Waals surface area contributed by atoms with Crippen molar-refractivity contribution in [2.75, 3.05) is 7.05 Å². The summed E-state index contributed by atoms with van der Waals surface area (Å²) in [7, 11) is 2.12. The summed E-state index contributed by atoms with van der Waals surface area (Å²) in [4.78, 5) is 2.32. The number of hydrogen-bond acceptors (Lipinski definition) is 1. The van der Waals surface area contributed by atoms with Gasteiger partial charge in [-0.15, -0.1) is 0 Å². The van der Waals surface area contributed by atoms with Crippen LogP contribution in [0.25, 0.3) is 0 Å². The van der Waals surface area contributed by atoms with E-state index >= 15 is 0 Å². The van der Waals surface area contributed by atoms with E-state index in [0.29, 0.717) is 0 Å². The second-order valence-electron chi connectivity index (χ2n) is 3.88. The van der Waals surface area contributed by atoms with Crippen LogP contribution in [-0.2, 0) is 6.54 Å². The predicted molar refractivity (Wildman–Crippen MR) is 58.6 cm³/mol. The van der Waals surface area contributed by atoms with E-state index in [0.717, 1.165) is 22.6 Å². The van der Waals surface area contributed by atoms with Gasteiger partial charge in [0, 0.05) is 17.1 Å². The van der Waals surface area contributed by atoms with E-state index in [1.807, 2.05) is 6.07 Å². The molecule has 1 aliphatic carbocycles. The van der Waals surface area contributed by atoms with Gasteiger partial charge in [0.15, 0.2) is 0 Å². The maximum absolute atomic E-state index is 12.8. The Balaban J connectivity index is 2.07. The van der Waals surface area contributed by atoms with Crippen molar-refractivity contribution < 1.29 is 4.39 Å². The van der Waals surface area contributed by atoms with Crippen LogP contribution < -0.4 is 0 Å². The number of hydrogen-bond donors (Lipinski definition) is 0. The van der Waals surface area contributed by atoms with Gasteiger partial charge < -0.3 is 0 Å². The van der Waals surface area contributed by atoms with E-state index in [-0.39, 0.29) is 5.82 Å². The van der Waals surface area contributed by atoms with Crippen molar-refractivity contribution in [2.24, 2.45) is 0 Å². The summed E-state index contributed by atoms with van der Waals surface area (Å²) >= 11 is 3.38. The molecular weight excluding hydrogens is 245 g/mol. The Hall–Kier alpha value is -0.410. The molecule has 1 aromatic carbocycles. The van der Waals surface area contributed by atoms with Crippen molar-refractivity contribution in [1.29, 1.82) is 0 Å². The van der Waals surface area contributed by atoms with Crippen molar-refractivity contribution in [2.45, 2.75) is 25.4 Å². The molecule has 1 aliphatic rings. The average molecular weight is 258 g/mol. The Kier molecular flexibility index (Phi) is 2.88. The SMILES string of the molecule is CN(Cc1ccc(F)cc1Br)C1CC1. The van der Waals surface area contributed by atoms with Crippen molar-refractivity contribution in [3.05, 3.63) is 34.1 Å². The van der Waals surface area contributed by atoms with Gasteiger partial charge in [-0.3, -0.25) is 4.90 Å². The maximum atomic E-state index is 12.8. The topological polar surface area (TPSA) is 3.24 Å². The first-order valence-electron chi connectivity index (χ1n) is 4.81. The van der Waals surface area contributed by atoms with E-state index in [9.17, 15) is 4.39 Å². The van der Waals surface area contributed by atoms with Gasteiger partial charge >= 0.3 is 0 Å². The molecule has 1 nitrogen and oxygen atoms in total. The zero-order valence-electron chi connectivity index (χ0n) is 8.13. The monoisotopic (exact) mass is 257 g/mol. The molecule has 0 radical (unpaired) electrons. The molecule has 2 rings (SSSR count). The molecule has 0 spiro atoms. The lowest BCUT2D eigenvalue weighted by Gasteiger charge is -2.16. The summed E-state index contributed by atoms with van der Waals surface area (Å²) in [6.45, 7) is 0.894. The normalized spacial score (nSPS) is 16.3. The second-order valence-corrected chi connectivity index (χ2v) is 4.74. The molecule has 0 aliphatic heterocycles. The first-order chi connectivity index (χ1) is 6.66. The highest BCUT2D eigenvalue weighted by Crippen LogP contribution is 2.28. The van der Waals surface area contributed by atoms with Crippen LogP contribution in [0.4, 0.5) is 4.39 Å². The lowest BCUT2D eigenvalue weighted by atomic mass is 10.2. The number of halogens is 2. The fourth-order valence-electron chi connectivity index (χ4n) is 1.56. The molecule has 14 heavy (non-hydrogen) atoms. The molecular formula is C11H13BrFN.